The van der Waals surface area contributed by atoms with E-state index in [0.29, 0.717) is 6.42 Å². The van der Waals surface area contributed by atoms with Crippen molar-refractivity contribution in [2.75, 3.05) is 0 Å². The van der Waals surface area contributed by atoms with Crippen molar-refractivity contribution in [3.8, 4) is 5.69 Å². The Hall–Kier alpha value is -2.10. The van der Waals surface area contributed by atoms with Gasteiger partial charge in [-0.05, 0) is 38.0 Å². The molecule has 0 unspecified atom stereocenters. The quantitative estimate of drug-likeness (QED) is 0.899. The molecule has 1 N–H and O–H groups in total. The van der Waals surface area contributed by atoms with Crippen molar-refractivity contribution >= 4 is 5.97 Å². The third kappa shape index (κ3) is 2.59. The molecular formula is C14H16N2O2. The lowest BCUT2D eigenvalue weighted by molar-refractivity contribution is -0.146. The first-order valence-corrected chi connectivity index (χ1v) is 5.80. The van der Waals surface area contributed by atoms with Crippen molar-refractivity contribution in [2.24, 2.45) is 5.41 Å². The van der Waals surface area contributed by atoms with Crippen LogP contribution in [0, 0.1) is 5.41 Å². The fraction of sp³-hybridized carbons (Fsp3) is 0.286. The van der Waals surface area contributed by atoms with Crippen LogP contribution in [-0.4, -0.2) is 20.6 Å². The lowest BCUT2D eigenvalue weighted by atomic mass is 9.86. The van der Waals surface area contributed by atoms with E-state index in [2.05, 4.69) is 4.98 Å². The van der Waals surface area contributed by atoms with Crippen molar-refractivity contribution in [1.82, 2.24) is 9.55 Å². The summed E-state index contributed by atoms with van der Waals surface area (Å²) in [6, 6.07) is 7.85. The zero-order valence-electron chi connectivity index (χ0n) is 10.5. The molecule has 1 aromatic carbocycles. The highest BCUT2D eigenvalue weighted by atomic mass is 16.4. The molecule has 0 saturated carbocycles. The van der Waals surface area contributed by atoms with Gasteiger partial charge in [-0.25, -0.2) is 4.98 Å². The third-order valence-electron chi connectivity index (χ3n) is 2.96. The number of rotatable bonds is 4. The number of carbonyl (C=O) groups is 1. The van der Waals surface area contributed by atoms with Crippen molar-refractivity contribution in [3.63, 3.8) is 0 Å². The highest BCUT2D eigenvalue weighted by Gasteiger charge is 2.27. The summed E-state index contributed by atoms with van der Waals surface area (Å²) in [6.45, 7) is 3.47. The molecule has 4 heteroatoms. The summed E-state index contributed by atoms with van der Waals surface area (Å²) in [4.78, 5) is 15.1. The van der Waals surface area contributed by atoms with E-state index in [4.69, 9.17) is 5.11 Å². The van der Waals surface area contributed by atoms with E-state index < -0.39 is 11.4 Å². The summed E-state index contributed by atoms with van der Waals surface area (Å²) in [5.41, 5.74) is 1.30. The van der Waals surface area contributed by atoms with Crippen LogP contribution < -0.4 is 0 Å². The van der Waals surface area contributed by atoms with Gasteiger partial charge in [0.25, 0.3) is 0 Å². The Morgan fingerprint density at radius 3 is 2.50 bits per heavy atom. The van der Waals surface area contributed by atoms with Crippen LogP contribution in [0.4, 0.5) is 0 Å². The highest BCUT2D eigenvalue weighted by Crippen LogP contribution is 2.22. The maximum absolute atomic E-state index is 11.1. The van der Waals surface area contributed by atoms with Crippen molar-refractivity contribution < 1.29 is 9.90 Å². The Kier molecular flexibility index (Phi) is 3.19. The summed E-state index contributed by atoms with van der Waals surface area (Å²) < 4.78 is 1.91. The van der Waals surface area contributed by atoms with Crippen LogP contribution in [0.2, 0.25) is 0 Å². The highest BCUT2D eigenvalue weighted by molar-refractivity contribution is 5.74. The fourth-order valence-electron chi connectivity index (χ4n) is 1.78. The van der Waals surface area contributed by atoms with Gasteiger partial charge in [0.2, 0.25) is 0 Å². The fourth-order valence-corrected chi connectivity index (χ4v) is 1.78. The molecule has 0 amide bonds. The molecule has 0 fully saturated rings. The number of carboxylic acid groups (broad SMARTS) is 1. The molecule has 2 aromatic rings. The standard InChI is InChI=1S/C14H16N2O2/c1-14(2,13(17)18)9-11-3-5-12(6-4-11)16-8-7-15-10-16/h3-8,10H,9H2,1-2H3,(H,17,18). The minimum absolute atomic E-state index is 0.520. The number of aliphatic carboxylic acids is 1. The number of hydrogen-bond donors (Lipinski definition) is 1. The van der Waals surface area contributed by atoms with Crippen LogP contribution in [0.5, 0.6) is 0 Å². The average molecular weight is 244 g/mol. The lowest BCUT2D eigenvalue weighted by Crippen LogP contribution is -2.26. The topological polar surface area (TPSA) is 55.1 Å². The van der Waals surface area contributed by atoms with Crippen LogP contribution in [-0.2, 0) is 11.2 Å². The van der Waals surface area contributed by atoms with E-state index in [9.17, 15) is 4.79 Å². The van der Waals surface area contributed by atoms with E-state index in [1.807, 2.05) is 35.0 Å². The molecule has 0 aliphatic heterocycles. The second-order valence-electron chi connectivity index (χ2n) is 5.00. The van der Waals surface area contributed by atoms with Crippen LogP contribution >= 0.6 is 0 Å². The van der Waals surface area contributed by atoms with E-state index in [1.54, 1.807) is 26.4 Å². The van der Waals surface area contributed by atoms with Crippen molar-refractivity contribution in [2.45, 2.75) is 20.3 Å². The van der Waals surface area contributed by atoms with Gasteiger partial charge in [-0.3, -0.25) is 4.79 Å². The number of benzene rings is 1. The second kappa shape index (κ2) is 4.64. The van der Waals surface area contributed by atoms with Gasteiger partial charge in [0, 0.05) is 18.1 Å². The summed E-state index contributed by atoms with van der Waals surface area (Å²) in [7, 11) is 0. The monoisotopic (exact) mass is 244 g/mol. The number of nitrogens with zero attached hydrogens (tertiary/aromatic N) is 2. The number of hydrogen-bond acceptors (Lipinski definition) is 2. The number of imidazole rings is 1. The Balaban J connectivity index is 2.16. The first kappa shape index (κ1) is 12.4. The van der Waals surface area contributed by atoms with Crippen LogP contribution in [0.15, 0.2) is 43.0 Å². The largest absolute Gasteiger partial charge is 0.481 e. The molecule has 1 heterocycles. The van der Waals surface area contributed by atoms with Gasteiger partial charge in [-0.15, -0.1) is 0 Å². The zero-order chi connectivity index (χ0) is 13.2. The van der Waals surface area contributed by atoms with Gasteiger partial charge in [-0.2, -0.15) is 0 Å². The smallest absolute Gasteiger partial charge is 0.309 e. The molecule has 0 radical (unpaired) electrons. The molecule has 1 aromatic heterocycles. The second-order valence-corrected chi connectivity index (χ2v) is 5.00. The molecular weight excluding hydrogens is 228 g/mol. The number of aromatic nitrogens is 2. The SMILES string of the molecule is CC(C)(Cc1ccc(-n2ccnc2)cc1)C(=O)O. The molecule has 18 heavy (non-hydrogen) atoms. The molecule has 2 rings (SSSR count). The van der Waals surface area contributed by atoms with E-state index in [-0.39, 0.29) is 0 Å². The van der Waals surface area contributed by atoms with E-state index >= 15 is 0 Å². The predicted molar refractivity (Wildman–Crippen MR) is 68.7 cm³/mol. The molecule has 0 bridgehead atoms. The van der Waals surface area contributed by atoms with Gasteiger partial charge in [0.1, 0.15) is 0 Å². The van der Waals surface area contributed by atoms with Gasteiger partial charge in [0.15, 0.2) is 0 Å². The van der Waals surface area contributed by atoms with E-state index in [0.717, 1.165) is 11.3 Å². The summed E-state index contributed by atoms with van der Waals surface area (Å²) in [6.07, 6.45) is 5.85. The van der Waals surface area contributed by atoms with Gasteiger partial charge in [0.05, 0.1) is 11.7 Å². The normalized spacial score (nSPS) is 11.4. The predicted octanol–water partition coefficient (Wildman–Crippen LogP) is 2.53. The minimum atomic E-state index is -0.777. The first-order valence-electron chi connectivity index (χ1n) is 5.80. The molecule has 0 aliphatic carbocycles. The van der Waals surface area contributed by atoms with E-state index in [1.165, 1.54) is 0 Å². The van der Waals surface area contributed by atoms with Crippen molar-refractivity contribution in [1.29, 1.82) is 0 Å². The average Bonchev–Trinajstić information content (AvgIpc) is 2.83. The number of carboxylic acids is 1. The molecule has 0 aliphatic rings. The molecule has 0 atom stereocenters. The zero-order valence-corrected chi connectivity index (χ0v) is 10.5. The van der Waals surface area contributed by atoms with Crippen LogP contribution in [0.25, 0.3) is 5.69 Å². The van der Waals surface area contributed by atoms with Gasteiger partial charge < -0.3 is 9.67 Å². The van der Waals surface area contributed by atoms with Gasteiger partial charge in [-0.1, -0.05) is 12.1 Å². The summed E-state index contributed by atoms with van der Waals surface area (Å²) in [5, 5.41) is 9.10. The summed E-state index contributed by atoms with van der Waals surface area (Å²) in [5.74, 6) is -0.777. The van der Waals surface area contributed by atoms with Crippen LogP contribution in [0.3, 0.4) is 0 Å². The maximum Gasteiger partial charge on any atom is 0.309 e. The minimum Gasteiger partial charge on any atom is -0.481 e. The Morgan fingerprint density at radius 2 is 2.00 bits per heavy atom. The molecule has 0 spiro atoms. The molecule has 94 valence electrons. The maximum atomic E-state index is 11.1. The Labute approximate surface area is 106 Å². The Bertz CT molecular complexity index is 527. The molecule has 4 nitrogen and oxygen atoms in total. The summed E-state index contributed by atoms with van der Waals surface area (Å²) >= 11 is 0. The molecule has 0 saturated heterocycles. The van der Waals surface area contributed by atoms with Crippen molar-refractivity contribution in [3.05, 3.63) is 48.5 Å². The van der Waals surface area contributed by atoms with Crippen LogP contribution in [0.1, 0.15) is 19.4 Å². The Morgan fingerprint density at radius 1 is 1.33 bits per heavy atom. The van der Waals surface area contributed by atoms with Gasteiger partial charge >= 0.3 is 5.97 Å². The lowest BCUT2D eigenvalue weighted by Gasteiger charge is -2.19. The third-order valence-corrected chi connectivity index (χ3v) is 2.96. The first-order chi connectivity index (χ1) is 8.49.